The summed E-state index contributed by atoms with van der Waals surface area (Å²) in [6, 6.07) is 0.258. The second kappa shape index (κ2) is 5.09. The molecule has 0 radical (unpaired) electrons. The molecule has 0 aliphatic heterocycles. The summed E-state index contributed by atoms with van der Waals surface area (Å²) < 4.78 is 0.268. The van der Waals surface area contributed by atoms with Crippen LogP contribution in [0.4, 0.5) is 5.69 Å². The first-order valence-corrected chi connectivity index (χ1v) is 5.70. The van der Waals surface area contributed by atoms with E-state index in [1.54, 1.807) is 0 Å². The van der Waals surface area contributed by atoms with E-state index < -0.39 is 17.6 Å². The summed E-state index contributed by atoms with van der Waals surface area (Å²) in [5.74, 6) is -0.223. The fraction of sp³-hybridized carbons (Fsp3) is 0.250. The van der Waals surface area contributed by atoms with E-state index in [0.717, 1.165) is 6.07 Å². The number of aliphatic hydroxyl groups excluding tert-OH is 1. The number of nitrogens with two attached hydrogens (primary N) is 1. The molecule has 0 aliphatic rings. The van der Waals surface area contributed by atoms with Crippen LogP contribution in [0.2, 0.25) is 0 Å². The molecule has 1 rings (SSSR count). The number of nitrogens with zero attached hydrogens (tertiary/aromatic N) is 1. The molecule has 0 amide bonds. The van der Waals surface area contributed by atoms with Crippen LogP contribution in [0.3, 0.4) is 0 Å². The molecule has 0 aliphatic carbocycles. The van der Waals surface area contributed by atoms with Crippen LogP contribution in [0, 0.1) is 10.1 Å². The molecule has 16 heavy (non-hydrogen) atoms. The van der Waals surface area contributed by atoms with Crippen molar-refractivity contribution in [2.45, 2.75) is 6.04 Å². The van der Waals surface area contributed by atoms with Crippen molar-refractivity contribution in [1.82, 2.24) is 0 Å². The monoisotopic (exact) mass is 354 g/mol. The standard InChI is InChI=1S/C8H8Br2N2O4/c9-6-5(12(15)16)1-3(4(11)2-13)8(14)7(6)10/h1,4,13-14H,2,11H2/t4-/m1/s1. The van der Waals surface area contributed by atoms with Gasteiger partial charge in [-0.25, -0.2) is 0 Å². The Kier molecular flexibility index (Phi) is 4.25. The molecule has 0 saturated heterocycles. The predicted molar refractivity (Wildman–Crippen MR) is 64.2 cm³/mol. The summed E-state index contributed by atoms with van der Waals surface area (Å²) in [5, 5.41) is 29.3. The molecule has 0 unspecified atom stereocenters. The van der Waals surface area contributed by atoms with E-state index in [4.69, 9.17) is 10.8 Å². The van der Waals surface area contributed by atoms with Crippen molar-refractivity contribution in [1.29, 1.82) is 0 Å². The number of phenolic OH excluding ortho intramolecular Hbond substituents is 1. The predicted octanol–water partition coefficient (Wildman–Crippen LogP) is 1.82. The Hall–Kier alpha value is -0.700. The van der Waals surface area contributed by atoms with E-state index in [1.165, 1.54) is 0 Å². The van der Waals surface area contributed by atoms with Gasteiger partial charge in [0.2, 0.25) is 0 Å². The van der Waals surface area contributed by atoms with Crippen molar-refractivity contribution >= 4 is 37.5 Å². The van der Waals surface area contributed by atoms with Crippen LogP contribution in [0.5, 0.6) is 5.75 Å². The third-order valence-corrected chi connectivity index (χ3v) is 4.09. The molecule has 0 spiro atoms. The maximum atomic E-state index is 10.7. The van der Waals surface area contributed by atoms with Gasteiger partial charge in [-0.3, -0.25) is 10.1 Å². The van der Waals surface area contributed by atoms with Crippen LogP contribution in [-0.4, -0.2) is 21.7 Å². The number of nitro groups is 1. The highest BCUT2D eigenvalue weighted by Gasteiger charge is 2.23. The van der Waals surface area contributed by atoms with Crippen LogP contribution in [-0.2, 0) is 0 Å². The zero-order valence-electron chi connectivity index (χ0n) is 7.85. The fourth-order valence-corrected chi connectivity index (χ4v) is 2.02. The maximum absolute atomic E-state index is 10.7. The van der Waals surface area contributed by atoms with Crippen LogP contribution < -0.4 is 5.73 Å². The molecule has 0 heterocycles. The average Bonchev–Trinajstić information content (AvgIpc) is 2.25. The Labute approximate surface area is 107 Å². The molecular formula is C8H8Br2N2O4. The molecular weight excluding hydrogens is 348 g/mol. The topological polar surface area (TPSA) is 110 Å². The first-order valence-electron chi connectivity index (χ1n) is 4.11. The molecule has 1 aromatic carbocycles. The number of aromatic hydroxyl groups is 1. The lowest BCUT2D eigenvalue weighted by Gasteiger charge is -2.12. The summed E-state index contributed by atoms with van der Waals surface area (Å²) in [6.07, 6.45) is 0. The summed E-state index contributed by atoms with van der Waals surface area (Å²) in [4.78, 5) is 10.1. The van der Waals surface area contributed by atoms with Crippen molar-refractivity contribution < 1.29 is 15.1 Å². The van der Waals surface area contributed by atoms with Crippen molar-refractivity contribution in [2.75, 3.05) is 6.61 Å². The molecule has 1 aromatic rings. The van der Waals surface area contributed by atoms with E-state index in [0.29, 0.717) is 0 Å². The number of rotatable bonds is 3. The van der Waals surface area contributed by atoms with Crippen LogP contribution in [0.1, 0.15) is 11.6 Å². The number of aliphatic hydroxyl groups is 1. The molecule has 6 nitrogen and oxygen atoms in total. The Bertz CT molecular complexity index is 439. The summed E-state index contributed by atoms with van der Waals surface area (Å²) in [7, 11) is 0. The van der Waals surface area contributed by atoms with Gasteiger partial charge in [-0.1, -0.05) is 0 Å². The van der Waals surface area contributed by atoms with Gasteiger partial charge in [0.25, 0.3) is 5.69 Å². The lowest BCUT2D eigenvalue weighted by Crippen LogP contribution is -2.15. The summed E-state index contributed by atoms with van der Waals surface area (Å²) >= 11 is 5.99. The van der Waals surface area contributed by atoms with Gasteiger partial charge < -0.3 is 15.9 Å². The second-order valence-corrected chi connectivity index (χ2v) is 4.59. The summed E-state index contributed by atoms with van der Waals surface area (Å²) in [5.41, 5.74) is 5.40. The minimum atomic E-state index is -0.872. The van der Waals surface area contributed by atoms with Gasteiger partial charge in [0.15, 0.2) is 0 Å². The van der Waals surface area contributed by atoms with Crippen molar-refractivity contribution in [3.8, 4) is 5.75 Å². The number of hydrogen-bond donors (Lipinski definition) is 3. The van der Waals surface area contributed by atoms with E-state index in [9.17, 15) is 15.2 Å². The molecule has 4 N–H and O–H groups in total. The zero-order valence-corrected chi connectivity index (χ0v) is 11.0. The molecule has 0 fully saturated rings. The first kappa shape index (κ1) is 13.4. The number of nitro benzene ring substituents is 1. The highest BCUT2D eigenvalue weighted by molar-refractivity contribution is 9.13. The first-order chi connectivity index (χ1) is 7.40. The number of phenols is 1. The quantitative estimate of drug-likeness (QED) is 0.565. The Morgan fingerprint density at radius 1 is 1.50 bits per heavy atom. The molecule has 8 heteroatoms. The fourth-order valence-electron chi connectivity index (χ4n) is 1.14. The lowest BCUT2D eigenvalue weighted by molar-refractivity contribution is -0.385. The zero-order chi connectivity index (χ0) is 12.5. The van der Waals surface area contributed by atoms with Gasteiger partial charge in [-0.05, 0) is 31.9 Å². The van der Waals surface area contributed by atoms with Crippen molar-refractivity contribution in [2.24, 2.45) is 5.73 Å². The van der Waals surface area contributed by atoms with E-state index in [1.807, 2.05) is 0 Å². The minimum absolute atomic E-state index is 0.115. The van der Waals surface area contributed by atoms with Crippen molar-refractivity contribution in [3.05, 3.63) is 30.7 Å². The van der Waals surface area contributed by atoms with Crippen molar-refractivity contribution in [3.63, 3.8) is 0 Å². The molecule has 0 bridgehead atoms. The molecule has 0 saturated carbocycles. The Morgan fingerprint density at radius 2 is 2.06 bits per heavy atom. The number of benzene rings is 1. The van der Waals surface area contributed by atoms with Gasteiger partial charge in [0, 0.05) is 11.6 Å². The van der Waals surface area contributed by atoms with E-state index in [-0.39, 0.29) is 25.9 Å². The van der Waals surface area contributed by atoms with E-state index in [2.05, 4.69) is 31.9 Å². The molecule has 1 atom stereocenters. The van der Waals surface area contributed by atoms with Crippen LogP contribution in [0.15, 0.2) is 15.0 Å². The summed E-state index contributed by atoms with van der Waals surface area (Å²) in [6.45, 7) is -0.418. The highest BCUT2D eigenvalue weighted by atomic mass is 79.9. The number of halogens is 2. The molecule has 88 valence electrons. The van der Waals surface area contributed by atoms with Crippen LogP contribution in [0.25, 0.3) is 0 Å². The Morgan fingerprint density at radius 3 is 2.50 bits per heavy atom. The second-order valence-electron chi connectivity index (χ2n) is 3.01. The Balaban J connectivity index is 3.47. The largest absolute Gasteiger partial charge is 0.506 e. The van der Waals surface area contributed by atoms with Crippen LogP contribution >= 0.6 is 31.9 Å². The van der Waals surface area contributed by atoms with Gasteiger partial charge in [-0.15, -0.1) is 0 Å². The molecule has 0 aromatic heterocycles. The van der Waals surface area contributed by atoms with Gasteiger partial charge in [0.05, 0.1) is 22.0 Å². The maximum Gasteiger partial charge on any atom is 0.285 e. The normalized spacial score (nSPS) is 12.5. The average molecular weight is 356 g/mol. The minimum Gasteiger partial charge on any atom is -0.506 e. The number of hydrogen-bond acceptors (Lipinski definition) is 5. The highest BCUT2D eigenvalue weighted by Crippen LogP contribution is 2.42. The third kappa shape index (κ3) is 2.34. The lowest BCUT2D eigenvalue weighted by atomic mass is 10.1. The van der Waals surface area contributed by atoms with Gasteiger partial charge in [0.1, 0.15) is 10.2 Å². The smallest absolute Gasteiger partial charge is 0.285 e. The van der Waals surface area contributed by atoms with Gasteiger partial charge in [-0.2, -0.15) is 0 Å². The van der Waals surface area contributed by atoms with Gasteiger partial charge >= 0.3 is 0 Å². The van der Waals surface area contributed by atoms with E-state index >= 15 is 0 Å². The third-order valence-electron chi connectivity index (χ3n) is 1.98. The SMILES string of the molecule is N[C@H](CO)c1cc([N+](=O)[O-])c(Br)c(Br)c1O.